The fourth-order valence-corrected chi connectivity index (χ4v) is 2.38. The van der Waals surface area contributed by atoms with Crippen molar-refractivity contribution in [1.29, 1.82) is 0 Å². The van der Waals surface area contributed by atoms with E-state index in [2.05, 4.69) is 5.32 Å². The topological polar surface area (TPSA) is 78.9 Å². The first-order valence-electron chi connectivity index (χ1n) is 6.86. The molecule has 0 spiro atoms. The van der Waals surface area contributed by atoms with Gasteiger partial charge in [-0.3, -0.25) is 9.59 Å². The number of hydrogen-bond donors (Lipinski definition) is 2. The van der Waals surface area contributed by atoms with Gasteiger partial charge in [0, 0.05) is 38.4 Å². The molecule has 1 aromatic carbocycles. The van der Waals surface area contributed by atoms with Gasteiger partial charge in [-0.05, 0) is 30.2 Å². The lowest BCUT2D eigenvalue weighted by Crippen LogP contribution is -2.36. The molecule has 2 rings (SSSR count). The molecule has 0 fully saturated rings. The van der Waals surface area contributed by atoms with Crippen LogP contribution in [0.1, 0.15) is 22.3 Å². The highest BCUT2D eigenvalue weighted by molar-refractivity contribution is 5.97. The van der Waals surface area contributed by atoms with Crippen LogP contribution in [0.5, 0.6) is 0 Å². The van der Waals surface area contributed by atoms with Crippen LogP contribution >= 0.6 is 0 Å². The first-order valence-corrected chi connectivity index (χ1v) is 6.86. The van der Waals surface area contributed by atoms with Crippen molar-refractivity contribution >= 4 is 17.5 Å². The molecule has 1 aliphatic rings. The summed E-state index contributed by atoms with van der Waals surface area (Å²) in [4.78, 5) is 25.1. The van der Waals surface area contributed by atoms with Crippen LogP contribution in [0.4, 0.5) is 5.69 Å². The lowest BCUT2D eigenvalue weighted by Gasteiger charge is -2.22. The van der Waals surface area contributed by atoms with E-state index in [1.165, 1.54) is 12.0 Å². The molecule has 0 saturated carbocycles. The van der Waals surface area contributed by atoms with Crippen molar-refractivity contribution in [3.63, 3.8) is 0 Å². The number of amides is 2. The molecule has 0 aliphatic carbocycles. The first kappa shape index (κ1) is 15.5. The molecular formula is C15H20N2O4. The van der Waals surface area contributed by atoms with Crippen LogP contribution in [0.3, 0.4) is 0 Å². The molecule has 114 valence electrons. The lowest BCUT2D eigenvalue weighted by molar-refractivity contribution is -0.116. The minimum absolute atomic E-state index is 0.00128. The van der Waals surface area contributed by atoms with Gasteiger partial charge in [0.15, 0.2) is 0 Å². The Morgan fingerprint density at radius 1 is 1.48 bits per heavy atom. The van der Waals surface area contributed by atoms with Crippen molar-refractivity contribution in [2.45, 2.75) is 18.9 Å². The summed E-state index contributed by atoms with van der Waals surface area (Å²) in [6.07, 6.45) is 0.367. The van der Waals surface area contributed by atoms with Gasteiger partial charge in [-0.25, -0.2) is 0 Å². The number of aliphatic hydroxyl groups is 1. The van der Waals surface area contributed by atoms with Gasteiger partial charge in [0.05, 0.1) is 12.7 Å². The van der Waals surface area contributed by atoms with Crippen LogP contribution in [0.2, 0.25) is 0 Å². The summed E-state index contributed by atoms with van der Waals surface area (Å²) in [5.41, 5.74) is 2.29. The fourth-order valence-electron chi connectivity index (χ4n) is 2.38. The minimum atomic E-state index is -0.708. The zero-order valence-electron chi connectivity index (χ0n) is 12.3. The Kier molecular flexibility index (Phi) is 4.93. The molecule has 2 N–H and O–H groups in total. The molecule has 0 saturated heterocycles. The normalized spacial score (nSPS) is 15.1. The standard InChI is InChI=1S/C15H20N2O4/c1-17(8-12(18)9-21-2)15(20)11-3-5-13-10(7-11)4-6-14(19)16-13/h3,5,7,12,18H,4,6,8-9H2,1-2H3,(H,16,19). The van der Waals surface area contributed by atoms with Gasteiger partial charge in [-0.2, -0.15) is 0 Å². The van der Waals surface area contributed by atoms with Gasteiger partial charge in [0.25, 0.3) is 5.91 Å². The van der Waals surface area contributed by atoms with Crippen molar-refractivity contribution in [3.8, 4) is 0 Å². The molecule has 0 aromatic heterocycles. The number of nitrogens with one attached hydrogen (secondary N) is 1. The van der Waals surface area contributed by atoms with Crippen LogP contribution in [-0.4, -0.2) is 55.2 Å². The van der Waals surface area contributed by atoms with E-state index in [0.29, 0.717) is 18.4 Å². The fraction of sp³-hybridized carbons (Fsp3) is 0.467. The summed E-state index contributed by atoms with van der Waals surface area (Å²) < 4.78 is 4.85. The lowest BCUT2D eigenvalue weighted by atomic mass is 10.00. The maximum absolute atomic E-state index is 12.3. The average molecular weight is 292 g/mol. The maximum atomic E-state index is 12.3. The zero-order chi connectivity index (χ0) is 15.4. The van der Waals surface area contributed by atoms with E-state index in [1.807, 2.05) is 0 Å². The van der Waals surface area contributed by atoms with Crippen LogP contribution in [0, 0.1) is 0 Å². The molecule has 6 heteroatoms. The number of carbonyl (C=O) groups is 2. The van der Waals surface area contributed by atoms with Crippen LogP contribution in [-0.2, 0) is 16.0 Å². The molecule has 2 amide bonds. The number of rotatable bonds is 5. The van der Waals surface area contributed by atoms with Crippen molar-refractivity contribution < 1.29 is 19.4 Å². The molecule has 0 radical (unpaired) electrons. The minimum Gasteiger partial charge on any atom is -0.389 e. The molecular weight excluding hydrogens is 272 g/mol. The number of benzene rings is 1. The first-order chi connectivity index (χ1) is 10.0. The van der Waals surface area contributed by atoms with Crippen molar-refractivity contribution in [2.75, 3.05) is 32.6 Å². The van der Waals surface area contributed by atoms with Crippen LogP contribution in [0.15, 0.2) is 18.2 Å². The van der Waals surface area contributed by atoms with E-state index < -0.39 is 6.10 Å². The second-order valence-corrected chi connectivity index (χ2v) is 5.21. The van der Waals surface area contributed by atoms with E-state index in [-0.39, 0.29) is 25.0 Å². The molecule has 21 heavy (non-hydrogen) atoms. The van der Waals surface area contributed by atoms with Crippen LogP contribution < -0.4 is 5.32 Å². The van der Waals surface area contributed by atoms with Gasteiger partial charge in [0.2, 0.25) is 5.91 Å². The average Bonchev–Trinajstić information content (AvgIpc) is 2.46. The van der Waals surface area contributed by atoms with Gasteiger partial charge in [-0.15, -0.1) is 0 Å². The number of hydrogen-bond acceptors (Lipinski definition) is 4. The molecule has 1 atom stereocenters. The third-order valence-corrected chi connectivity index (χ3v) is 3.44. The molecule has 1 aliphatic heterocycles. The third-order valence-electron chi connectivity index (χ3n) is 3.44. The zero-order valence-corrected chi connectivity index (χ0v) is 12.3. The Morgan fingerprint density at radius 3 is 2.95 bits per heavy atom. The molecule has 6 nitrogen and oxygen atoms in total. The highest BCUT2D eigenvalue weighted by atomic mass is 16.5. The smallest absolute Gasteiger partial charge is 0.253 e. The number of aryl methyl sites for hydroxylation is 1. The highest BCUT2D eigenvalue weighted by Crippen LogP contribution is 2.24. The number of nitrogens with zero attached hydrogens (tertiary/aromatic N) is 1. The maximum Gasteiger partial charge on any atom is 0.253 e. The number of aliphatic hydroxyl groups excluding tert-OH is 1. The van der Waals surface area contributed by atoms with Gasteiger partial charge >= 0.3 is 0 Å². The third kappa shape index (κ3) is 3.80. The van der Waals surface area contributed by atoms with Gasteiger partial charge in [0.1, 0.15) is 0 Å². The number of methoxy groups -OCH3 is 1. The Hall–Kier alpha value is -1.92. The van der Waals surface area contributed by atoms with Gasteiger partial charge in [-0.1, -0.05) is 0 Å². The quantitative estimate of drug-likeness (QED) is 0.835. The monoisotopic (exact) mass is 292 g/mol. The number of anilines is 1. The highest BCUT2D eigenvalue weighted by Gasteiger charge is 2.19. The largest absolute Gasteiger partial charge is 0.389 e. The molecule has 1 aromatic rings. The van der Waals surface area contributed by atoms with Crippen LogP contribution in [0.25, 0.3) is 0 Å². The predicted octanol–water partition coefficient (Wildman–Crippen LogP) is 0.651. The van der Waals surface area contributed by atoms with Crippen molar-refractivity contribution in [1.82, 2.24) is 4.90 Å². The number of ether oxygens (including phenoxy) is 1. The van der Waals surface area contributed by atoms with E-state index in [4.69, 9.17) is 4.74 Å². The van der Waals surface area contributed by atoms with Crippen molar-refractivity contribution in [2.24, 2.45) is 0 Å². The molecule has 0 bridgehead atoms. The number of carbonyl (C=O) groups excluding carboxylic acids is 2. The summed E-state index contributed by atoms with van der Waals surface area (Å²) in [5, 5.41) is 12.5. The van der Waals surface area contributed by atoms with E-state index >= 15 is 0 Å². The van der Waals surface area contributed by atoms with E-state index in [0.717, 1.165) is 11.3 Å². The number of likely N-dealkylation sites (N-methyl/N-ethyl adjacent to an activating group) is 1. The second-order valence-electron chi connectivity index (χ2n) is 5.21. The van der Waals surface area contributed by atoms with Gasteiger partial charge < -0.3 is 20.1 Å². The summed E-state index contributed by atoms with van der Waals surface area (Å²) >= 11 is 0. The molecule has 1 unspecified atom stereocenters. The summed E-state index contributed by atoms with van der Waals surface area (Å²) in [6, 6.07) is 5.24. The Labute approximate surface area is 123 Å². The summed E-state index contributed by atoms with van der Waals surface area (Å²) in [5.74, 6) is -0.161. The van der Waals surface area contributed by atoms with E-state index in [1.54, 1.807) is 25.2 Å². The predicted molar refractivity (Wildman–Crippen MR) is 78.2 cm³/mol. The van der Waals surface area contributed by atoms with E-state index in [9.17, 15) is 14.7 Å². The Balaban J connectivity index is 2.07. The summed E-state index contributed by atoms with van der Waals surface area (Å²) in [6.45, 7) is 0.397. The SMILES string of the molecule is COCC(O)CN(C)C(=O)c1ccc2c(c1)CCC(=O)N2. The van der Waals surface area contributed by atoms with Crippen molar-refractivity contribution in [3.05, 3.63) is 29.3 Å². The summed E-state index contributed by atoms with van der Waals surface area (Å²) in [7, 11) is 3.14. The Bertz CT molecular complexity index is 544. The Morgan fingerprint density at radius 2 is 2.24 bits per heavy atom. The molecule has 1 heterocycles. The number of fused-ring (bicyclic) bond motifs is 1. The second kappa shape index (κ2) is 6.69.